The molecule has 0 bridgehead atoms. The van der Waals surface area contributed by atoms with E-state index in [-0.39, 0.29) is 48.8 Å². The summed E-state index contributed by atoms with van der Waals surface area (Å²) in [5.41, 5.74) is 1.12. The van der Waals surface area contributed by atoms with Crippen LogP contribution >= 0.6 is 23.2 Å². The maximum absolute atomic E-state index is 13.6. The van der Waals surface area contributed by atoms with Crippen LogP contribution in [0, 0.1) is 0 Å². The minimum atomic E-state index is -3.65. The van der Waals surface area contributed by atoms with Crippen molar-refractivity contribution in [3.63, 3.8) is 0 Å². The van der Waals surface area contributed by atoms with Gasteiger partial charge in [-0.15, -0.1) is 0 Å². The van der Waals surface area contributed by atoms with Gasteiger partial charge in [0.15, 0.2) is 0 Å². The number of halogens is 2. The van der Waals surface area contributed by atoms with Crippen LogP contribution in [-0.2, 0) is 26.2 Å². The van der Waals surface area contributed by atoms with Crippen molar-refractivity contribution in [3.05, 3.63) is 58.1 Å². The molecule has 2 aromatic carbocycles. The van der Waals surface area contributed by atoms with Gasteiger partial charge in [-0.05, 0) is 55.5 Å². The zero-order valence-corrected chi connectivity index (χ0v) is 25.0. The van der Waals surface area contributed by atoms with Crippen molar-refractivity contribution >= 4 is 50.7 Å². The van der Waals surface area contributed by atoms with Crippen LogP contribution in [0.1, 0.15) is 57.4 Å². The van der Waals surface area contributed by atoms with Crippen molar-refractivity contribution in [1.82, 2.24) is 10.2 Å². The van der Waals surface area contributed by atoms with Crippen LogP contribution in [0.4, 0.5) is 5.69 Å². The Morgan fingerprint density at radius 2 is 1.79 bits per heavy atom. The molecule has 0 heterocycles. The van der Waals surface area contributed by atoms with E-state index >= 15 is 0 Å². The third kappa shape index (κ3) is 8.50. The molecular weight excluding hydrogens is 561 g/mol. The molecule has 1 aliphatic rings. The molecule has 214 valence electrons. The number of sulfonamides is 1. The first-order valence-electron chi connectivity index (χ1n) is 13.2. The highest BCUT2D eigenvalue weighted by Gasteiger charge is 2.31. The lowest BCUT2D eigenvalue weighted by atomic mass is 10.1. The van der Waals surface area contributed by atoms with E-state index in [0.29, 0.717) is 22.9 Å². The summed E-state index contributed by atoms with van der Waals surface area (Å²) in [7, 11) is -2.17. The van der Waals surface area contributed by atoms with Gasteiger partial charge in [0, 0.05) is 30.6 Å². The van der Waals surface area contributed by atoms with Crippen molar-refractivity contribution < 1.29 is 22.7 Å². The van der Waals surface area contributed by atoms with E-state index in [1.165, 1.54) is 17.5 Å². The molecule has 1 saturated carbocycles. The number of carbonyl (C=O) groups is 2. The van der Waals surface area contributed by atoms with E-state index < -0.39 is 16.1 Å². The minimum absolute atomic E-state index is 0.0492. The highest BCUT2D eigenvalue weighted by Crippen LogP contribution is 2.30. The fraction of sp³-hybridized carbons (Fsp3) is 0.500. The molecule has 1 aliphatic carbocycles. The number of carbonyl (C=O) groups excluding carboxylic acids is 2. The summed E-state index contributed by atoms with van der Waals surface area (Å²) in [5, 5.41) is 3.92. The molecular formula is C28H37Cl2N3O5S. The normalized spacial score (nSPS) is 14.6. The van der Waals surface area contributed by atoms with Gasteiger partial charge in [0.25, 0.3) is 0 Å². The number of amides is 2. The Bertz CT molecular complexity index is 1250. The number of methoxy groups -OCH3 is 1. The molecule has 0 aliphatic heterocycles. The van der Waals surface area contributed by atoms with Gasteiger partial charge in [0.05, 0.1) is 24.1 Å². The molecule has 1 N–H and O–H groups in total. The molecule has 2 aromatic rings. The van der Waals surface area contributed by atoms with Crippen LogP contribution in [0.25, 0.3) is 0 Å². The van der Waals surface area contributed by atoms with Crippen LogP contribution < -0.4 is 14.4 Å². The Labute approximate surface area is 241 Å². The summed E-state index contributed by atoms with van der Waals surface area (Å²) in [6, 6.07) is 11.4. The lowest BCUT2D eigenvalue weighted by molar-refractivity contribution is -0.141. The van der Waals surface area contributed by atoms with Gasteiger partial charge in [0.2, 0.25) is 21.8 Å². The number of hydrogen-bond donors (Lipinski definition) is 1. The second kappa shape index (κ2) is 14.2. The Hall–Kier alpha value is -2.49. The topological polar surface area (TPSA) is 96.0 Å². The summed E-state index contributed by atoms with van der Waals surface area (Å²) in [4.78, 5) is 28.5. The average molecular weight is 599 g/mol. The SMILES string of the molecule is CCC(C(=O)NC1CCCC1)N(Cc1ccccc1Cl)C(=O)CCCN(c1ccc(OC)c(Cl)c1)S(C)(=O)=O. The van der Waals surface area contributed by atoms with Crippen molar-refractivity contribution in [3.8, 4) is 5.75 Å². The fourth-order valence-electron chi connectivity index (χ4n) is 4.91. The minimum Gasteiger partial charge on any atom is -0.495 e. The number of hydrogen-bond acceptors (Lipinski definition) is 5. The number of anilines is 1. The molecule has 1 fully saturated rings. The van der Waals surface area contributed by atoms with Gasteiger partial charge in [0.1, 0.15) is 11.8 Å². The molecule has 8 nitrogen and oxygen atoms in total. The second-order valence-electron chi connectivity index (χ2n) is 9.78. The molecule has 2 amide bonds. The molecule has 11 heteroatoms. The van der Waals surface area contributed by atoms with E-state index in [0.717, 1.165) is 37.5 Å². The molecule has 0 spiro atoms. The van der Waals surface area contributed by atoms with Gasteiger partial charge in [-0.25, -0.2) is 8.42 Å². The summed E-state index contributed by atoms with van der Waals surface area (Å²) in [6.45, 7) is 2.13. The maximum atomic E-state index is 13.6. The first-order valence-corrected chi connectivity index (χ1v) is 15.8. The fourth-order valence-corrected chi connectivity index (χ4v) is 6.32. The predicted molar refractivity (Wildman–Crippen MR) is 156 cm³/mol. The molecule has 0 radical (unpaired) electrons. The van der Waals surface area contributed by atoms with Crippen molar-refractivity contribution in [2.75, 3.05) is 24.2 Å². The zero-order chi connectivity index (χ0) is 28.6. The average Bonchev–Trinajstić information content (AvgIpc) is 3.39. The Morgan fingerprint density at radius 3 is 2.38 bits per heavy atom. The Balaban J connectivity index is 1.77. The summed E-state index contributed by atoms with van der Waals surface area (Å²) < 4.78 is 31.5. The van der Waals surface area contributed by atoms with Gasteiger partial charge in [-0.2, -0.15) is 0 Å². The van der Waals surface area contributed by atoms with Gasteiger partial charge >= 0.3 is 0 Å². The number of benzene rings is 2. The van der Waals surface area contributed by atoms with Gasteiger partial charge < -0.3 is 15.0 Å². The standard InChI is InChI=1S/C28H37Cl2N3O5S/c1-4-25(28(35)31-21-11-6-7-12-21)32(19-20-10-5-8-13-23(20)29)27(34)14-9-17-33(39(3,36)37)22-15-16-26(38-2)24(30)18-22/h5,8,10,13,15-16,18,21,25H,4,6-7,9,11-12,14,17,19H2,1-3H3,(H,31,35). The largest absolute Gasteiger partial charge is 0.495 e. The van der Waals surface area contributed by atoms with Crippen LogP contribution in [0.2, 0.25) is 10.0 Å². The van der Waals surface area contributed by atoms with E-state index in [1.807, 2.05) is 25.1 Å². The summed E-state index contributed by atoms with van der Waals surface area (Å²) >= 11 is 12.6. The summed E-state index contributed by atoms with van der Waals surface area (Å²) in [6.07, 6.45) is 5.89. The molecule has 3 rings (SSSR count). The first-order chi connectivity index (χ1) is 18.5. The van der Waals surface area contributed by atoms with Gasteiger partial charge in [-0.1, -0.05) is 61.2 Å². The molecule has 0 saturated heterocycles. The Kier molecular flexibility index (Phi) is 11.3. The van der Waals surface area contributed by atoms with Crippen LogP contribution in [0.3, 0.4) is 0 Å². The second-order valence-corrected chi connectivity index (χ2v) is 12.5. The van der Waals surface area contributed by atoms with Crippen molar-refractivity contribution in [2.45, 2.75) is 70.5 Å². The van der Waals surface area contributed by atoms with E-state index in [9.17, 15) is 18.0 Å². The smallest absolute Gasteiger partial charge is 0.243 e. The molecule has 0 aromatic heterocycles. The third-order valence-electron chi connectivity index (χ3n) is 6.96. The van der Waals surface area contributed by atoms with Gasteiger partial charge in [-0.3, -0.25) is 13.9 Å². The lowest BCUT2D eigenvalue weighted by Crippen LogP contribution is -2.51. The van der Waals surface area contributed by atoms with Crippen LogP contribution in [0.15, 0.2) is 42.5 Å². The third-order valence-corrected chi connectivity index (χ3v) is 8.82. The Morgan fingerprint density at radius 1 is 1.10 bits per heavy atom. The zero-order valence-electron chi connectivity index (χ0n) is 22.7. The first kappa shape index (κ1) is 31.0. The van der Waals surface area contributed by atoms with E-state index in [4.69, 9.17) is 27.9 Å². The van der Waals surface area contributed by atoms with Crippen molar-refractivity contribution in [1.29, 1.82) is 0 Å². The predicted octanol–water partition coefficient (Wildman–Crippen LogP) is 5.41. The molecule has 39 heavy (non-hydrogen) atoms. The molecule has 1 atom stereocenters. The number of rotatable bonds is 13. The number of ether oxygens (including phenoxy) is 1. The van der Waals surface area contributed by atoms with Crippen LogP contribution in [0.5, 0.6) is 5.75 Å². The summed E-state index contributed by atoms with van der Waals surface area (Å²) in [5.74, 6) is 0.0146. The quantitative estimate of drug-likeness (QED) is 0.333. The lowest BCUT2D eigenvalue weighted by Gasteiger charge is -2.32. The van der Waals surface area contributed by atoms with E-state index in [2.05, 4.69) is 5.32 Å². The highest BCUT2D eigenvalue weighted by molar-refractivity contribution is 7.92. The monoisotopic (exact) mass is 597 g/mol. The number of nitrogens with zero attached hydrogens (tertiary/aromatic N) is 2. The van der Waals surface area contributed by atoms with Crippen molar-refractivity contribution in [2.24, 2.45) is 0 Å². The molecule has 1 unspecified atom stereocenters. The number of nitrogens with one attached hydrogen (secondary N) is 1. The van der Waals surface area contributed by atoms with Crippen LogP contribution in [-0.4, -0.2) is 57.1 Å². The van der Waals surface area contributed by atoms with E-state index in [1.54, 1.807) is 23.1 Å². The maximum Gasteiger partial charge on any atom is 0.243 e. The highest BCUT2D eigenvalue weighted by atomic mass is 35.5.